The summed E-state index contributed by atoms with van der Waals surface area (Å²) in [7, 11) is 1.88. The quantitative estimate of drug-likeness (QED) is 0.577. The lowest BCUT2D eigenvalue weighted by Crippen LogP contribution is -2.08. The van der Waals surface area contributed by atoms with E-state index >= 15 is 0 Å². The van der Waals surface area contributed by atoms with Gasteiger partial charge >= 0.3 is 0 Å². The monoisotopic (exact) mass is 365 g/mol. The van der Waals surface area contributed by atoms with Gasteiger partial charge in [0, 0.05) is 24.2 Å². The van der Waals surface area contributed by atoms with E-state index in [1.807, 2.05) is 37.5 Å². The molecule has 1 amide bonds. The lowest BCUT2D eigenvalue weighted by atomic mass is 10.1. The first-order valence-corrected chi connectivity index (χ1v) is 8.57. The Bertz CT molecular complexity index is 1110. The molecule has 0 unspecified atom stereocenters. The summed E-state index contributed by atoms with van der Waals surface area (Å²) in [5.74, 6) is 1.01. The van der Waals surface area contributed by atoms with Crippen LogP contribution in [0.25, 0.3) is 21.2 Å². The van der Waals surface area contributed by atoms with Crippen molar-refractivity contribution in [3.8, 4) is 22.6 Å². The van der Waals surface area contributed by atoms with E-state index in [4.69, 9.17) is 16.2 Å². The van der Waals surface area contributed by atoms with Crippen LogP contribution in [-0.2, 0) is 7.05 Å². The highest BCUT2D eigenvalue weighted by atomic mass is 32.1. The van der Waals surface area contributed by atoms with Crippen LogP contribution in [0.5, 0.6) is 11.5 Å². The van der Waals surface area contributed by atoms with Gasteiger partial charge in [-0.05, 0) is 23.8 Å². The summed E-state index contributed by atoms with van der Waals surface area (Å²) >= 11 is 1.21. The highest BCUT2D eigenvalue weighted by Crippen LogP contribution is 2.37. The molecule has 0 aliphatic rings. The van der Waals surface area contributed by atoms with Crippen molar-refractivity contribution in [1.82, 2.24) is 14.8 Å². The molecule has 0 saturated carbocycles. The molecule has 4 rings (SSSR count). The minimum atomic E-state index is -0.502. The molecule has 0 saturated heterocycles. The van der Waals surface area contributed by atoms with Crippen LogP contribution in [0, 0.1) is 0 Å². The molecule has 3 aromatic heterocycles. The fourth-order valence-corrected chi connectivity index (χ4v) is 3.56. The van der Waals surface area contributed by atoms with Crippen molar-refractivity contribution in [3.05, 3.63) is 53.8 Å². The molecular weight excluding hydrogens is 350 g/mol. The summed E-state index contributed by atoms with van der Waals surface area (Å²) in [4.78, 5) is 16.0. The van der Waals surface area contributed by atoms with Gasteiger partial charge in [-0.2, -0.15) is 5.10 Å². The van der Waals surface area contributed by atoms with Gasteiger partial charge in [0.25, 0.3) is 5.91 Å². The number of nitrogen functional groups attached to an aromatic ring is 1. The molecule has 3 heterocycles. The third kappa shape index (κ3) is 2.86. The van der Waals surface area contributed by atoms with E-state index in [9.17, 15) is 4.79 Å². The molecule has 26 heavy (non-hydrogen) atoms. The maximum Gasteiger partial charge on any atom is 0.258 e. The largest absolute Gasteiger partial charge is 0.455 e. The third-order valence-corrected chi connectivity index (χ3v) is 5.09. The molecule has 8 heteroatoms. The number of carbonyl (C=O) groups is 1. The highest BCUT2D eigenvalue weighted by Gasteiger charge is 2.14. The van der Waals surface area contributed by atoms with Crippen molar-refractivity contribution in [1.29, 1.82) is 0 Å². The Morgan fingerprint density at radius 2 is 1.96 bits per heavy atom. The summed E-state index contributed by atoms with van der Waals surface area (Å²) in [6.07, 6.45) is 5.30. The zero-order valence-electron chi connectivity index (χ0n) is 13.8. The minimum Gasteiger partial charge on any atom is -0.455 e. The Morgan fingerprint density at radius 1 is 1.19 bits per heavy atom. The van der Waals surface area contributed by atoms with Crippen LogP contribution in [0.4, 0.5) is 5.82 Å². The Morgan fingerprint density at radius 3 is 2.62 bits per heavy atom. The fraction of sp³-hybridized carbons (Fsp3) is 0.0556. The highest BCUT2D eigenvalue weighted by molar-refractivity contribution is 7.21. The number of thiophene rings is 1. The first-order valence-electron chi connectivity index (χ1n) is 7.76. The molecule has 1 aromatic carbocycles. The molecular formula is C18H15N5O2S. The first-order chi connectivity index (χ1) is 12.5. The van der Waals surface area contributed by atoms with Crippen molar-refractivity contribution in [2.45, 2.75) is 0 Å². The molecule has 0 bridgehead atoms. The lowest BCUT2D eigenvalue weighted by Gasteiger charge is -2.08. The number of anilines is 1. The smallest absolute Gasteiger partial charge is 0.258 e. The van der Waals surface area contributed by atoms with E-state index in [1.165, 1.54) is 11.3 Å². The Kier molecular flexibility index (Phi) is 3.81. The third-order valence-electron chi connectivity index (χ3n) is 3.91. The standard InChI is InChI=1S/C18H15N5O2S/c1-23-9-11(7-22-23)10-2-4-12(5-3-10)25-14-8-21-17(19)16-13(14)6-15(26-16)18(20)24/h2-9H,1H3,(H2,19,21)(H2,20,24). The van der Waals surface area contributed by atoms with Crippen LogP contribution >= 0.6 is 11.3 Å². The number of rotatable bonds is 4. The van der Waals surface area contributed by atoms with Gasteiger partial charge in [-0.1, -0.05) is 12.1 Å². The van der Waals surface area contributed by atoms with Crippen LogP contribution in [0.3, 0.4) is 0 Å². The number of aryl methyl sites for hydroxylation is 1. The van der Waals surface area contributed by atoms with Gasteiger partial charge in [-0.25, -0.2) is 4.98 Å². The van der Waals surface area contributed by atoms with E-state index in [1.54, 1.807) is 23.1 Å². The number of aromatic nitrogens is 3. The second kappa shape index (κ2) is 6.16. The topological polar surface area (TPSA) is 109 Å². The molecule has 0 fully saturated rings. The van der Waals surface area contributed by atoms with Crippen LogP contribution in [-0.4, -0.2) is 20.7 Å². The second-order valence-electron chi connectivity index (χ2n) is 5.75. The molecule has 130 valence electrons. The maximum atomic E-state index is 11.4. The molecule has 4 N–H and O–H groups in total. The van der Waals surface area contributed by atoms with Gasteiger partial charge in [0.15, 0.2) is 5.75 Å². The van der Waals surface area contributed by atoms with Gasteiger partial charge in [0.1, 0.15) is 11.6 Å². The second-order valence-corrected chi connectivity index (χ2v) is 6.81. The average Bonchev–Trinajstić information content (AvgIpc) is 3.25. The van der Waals surface area contributed by atoms with Crippen molar-refractivity contribution in [2.24, 2.45) is 12.8 Å². The Balaban J connectivity index is 1.67. The summed E-state index contributed by atoms with van der Waals surface area (Å²) < 4.78 is 8.39. The molecule has 4 aromatic rings. The number of nitrogens with zero attached hydrogens (tertiary/aromatic N) is 3. The molecule has 0 aliphatic heterocycles. The lowest BCUT2D eigenvalue weighted by molar-refractivity contribution is 0.100. The van der Waals surface area contributed by atoms with Crippen LogP contribution in [0.2, 0.25) is 0 Å². The van der Waals surface area contributed by atoms with Gasteiger partial charge in [0.05, 0.1) is 22.0 Å². The van der Waals surface area contributed by atoms with E-state index in [0.717, 1.165) is 11.1 Å². The van der Waals surface area contributed by atoms with E-state index in [-0.39, 0.29) is 0 Å². The van der Waals surface area contributed by atoms with E-state index < -0.39 is 5.91 Å². The molecule has 0 aliphatic carbocycles. The first kappa shape index (κ1) is 16.1. The number of ether oxygens (including phenoxy) is 1. The number of amides is 1. The molecule has 7 nitrogen and oxygen atoms in total. The van der Waals surface area contributed by atoms with Crippen LogP contribution in [0.15, 0.2) is 48.9 Å². The summed E-state index contributed by atoms with van der Waals surface area (Å²) in [5, 5.41) is 4.89. The fourth-order valence-electron chi connectivity index (χ4n) is 2.64. The van der Waals surface area contributed by atoms with Gasteiger partial charge in [-0.3, -0.25) is 9.48 Å². The van der Waals surface area contributed by atoms with Gasteiger partial charge in [0.2, 0.25) is 0 Å². The number of hydrogen-bond donors (Lipinski definition) is 2. The van der Waals surface area contributed by atoms with Crippen molar-refractivity contribution >= 4 is 33.1 Å². The SMILES string of the molecule is Cn1cc(-c2ccc(Oc3cnc(N)c4sc(C(N)=O)cc34)cc2)cn1. The van der Waals surface area contributed by atoms with Crippen LogP contribution in [0.1, 0.15) is 9.67 Å². The zero-order valence-corrected chi connectivity index (χ0v) is 14.7. The number of benzene rings is 1. The molecule has 0 spiro atoms. The number of pyridine rings is 1. The number of nitrogens with two attached hydrogens (primary N) is 2. The maximum absolute atomic E-state index is 11.4. The van der Waals surface area contributed by atoms with Crippen molar-refractivity contribution < 1.29 is 9.53 Å². The number of hydrogen-bond acceptors (Lipinski definition) is 6. The van der Waals surface area contributed by atoms with Crippen LogP contribution < -0.4 is 16.2 Å². The predicted molar refractivity (Wildman–Crippen MR) is 101 cm³/mol. The molecule has 0 radical (unpaired) electrons. The molecule has 0 atom stereocenters. The van der Waals surface area contributed by atoms with Gasteiger partial charge in [-0.15, -0.1) is 11.3 Å². The summed E-state index contributed by atoms with van der Waals surface area (Å²) in [5.41, 5.74) is 13.3. The minimum absolute atomic E-state index is 0.344. The predicted octanol–water partition coefficient (Wildman–Crippen LogP) is 3.17. The average molecular weight is 365 g/mol. The number of carbonyl (C=O) groups excluding carboxylic acids is 1. The number of primary amides is 1. The van der Waals surface area contributed by atoms with Gasteiger partial charge < -0.3 is 16.2 Å². The van der Waals surface area contributed by atoms with Crippen molar-refractivity contribution in [2.75, 3.05) is 5.73 Å². The van der Waals surface area contributed by atoms with E-state index in [2.05, 4.69) is 10.1 Å². The Labute approximate surface area is 152 Å². The van der Waals surface area contributed by atoms with Crippen molar-refractivity contribution in [3.63, 3.8) is 0 Å². The Hall–Kier alpha value is -3.39. The normalized spacial score (nSPS) is 11.0. The summed E-state index contributed by atoms with van der Waals surface area (Å²) in [6, 6.07) is 9.32. The number of fused-ring (bicyclic) bond motifs is 1. The summed E-state index contributed by atoms with van der Waals surface area (Å²) in [6.45, 7) is 0. The zero-order chi connectivity index (χ0) is 18.3. The van der Waals surface area contributed by atoms with E-state index in [0.29, 0.717) is 32.3 Å².